The number of fused-ring (bicyclic) bond motifs is 2. The van der Waals surface area contributed by atoms with Gasteiger partial charge in [-0.05, 0) is 61.0 Å². The fourth-order valence-corrected chi connectivity index (χ4v) is 5.24. The quantitative estimate of drug-likeness (QED) is 0.564. The molecule has 2 aromatic carbocycles. The van der Waals surface area contributed by atoms with Crippen LogP contribution in [0.1, 0.15) is 39.9 Å². The molecule has 0 bridgehead atoms. The predicted octanol–water partition coefficient (Wildman–Crippen LogP) is 2.65. The van der Waals surface area contributed by atoms with Crippen LogP contribution in [0.15, 0.2) is 60.7 Å². The second-order valence-electron chi connectivity index (χ2n) is 9.91. The number of carbonyl (C=O) groups excluding carboxylic acids is 2. The van der Waals surface area contributed by atoms with Crippen LogP contribution in [0.25, 0.3) is 0 Å². The van der Waals surface area contributed by atoms with Crippen LogP contribution in [-0.4, -0.2) is 81.4 Å². The molecule has 1 fully saturated rings. The van der Waals surface area contributed by atoms with Crippen LogP contribution >= 0.6 is 0 Å². The van der Waals surface area contributed by atoms with Gasteiger partial charge in [-0.2, -0.15) is 0 Å². The summed E-state index contributed by atoms with van der Waals surface area (Å²) < 4.78 is 0. The number of nitrogens with zero attached hydrogens (tertiary/aromatic N) is 3. The zero-order chi connectivity index (χ0) is 27.1. The van der Waals surface area contributed by atoms with E-state index >= 15 is 0 Å². The summed E-state index contributed by atoms with van der Waals surface area (Å²) in [7, 11) is 0. The Kier molecular flexibility index (Phi) is 8.91. The van der Waals surface area contributed by atoms with Crippen LogP contribution in [0.4, 0.5) is 0 Å². The standard InChI is InChI=1S/C25H29N3O2.C4H4O4/c29-24(27-14-11-20-5-1-2-6-21(20)16-27)18-26-12-9-19(10-13-26)15-28-17-22-7-3-4-8-23(22)25(28)30;5-3(6)1-2-4(7)8/h1-8,19H,9-18H2;1-2H,(H,5,6)(H,7,8). The SMILES string of the molecule is O=C(CN1CCC(CN2Cc3ccccc3C2=O)CC1)N1CCc2ccccc2C1.O=C(O)C=CC(=O)O. The largest absolute Gasteiger partial charge is 0.478 e. The van der Waals surface area contributed by atoms with Crippen LogP contribution in [0.3, 0.4) is 0 Å². The maximum Gasteiger partial charge on any atom is 0.328 e. The van der Waals surface area contributed by atoms with Crippen molar-refractivity contribution >= 4 is 23.8 Å². The molecule has 38 heavy (non-hydrogen) atoms. The highest BCUT2D eigenvalue weighted by Crippen LogP contribution is 2.26. The highest BCUT2D eigenvalue weighted by molar-refractivity contribution is 5.98. The number of benzene rings is 2. The minimum atomic E-state index is -1.26. The lowest BCUT2D eigenvalue weighted by Gasteiger charge is -2.35. The van der Waals surface area contributed by atoms with Crippen molar-refractivity contribution in [2.24, 2.45) is 5.92 Å². The van der Waals surface area contributed by atoms with Crippen LogP contribution < -0.4 is 0 Å². The lowest BCUT2D eigenvalue weighted by molar-refractivity contribution is -0.134. The molecule has 5 rings (SSSR count). The first-order chi connectivity index (χ1) is 18.3. The van der Waals surface area contributed by atoms with E-state index in [9.17, 15) is 19.2 Å². The Bertz CT molecular complexity index is 1200. The van der Waals surface area contributed by atoms with Crippen molar-refractivity contribution in [2.75, 3.05) is 32.7 Å². The smallest absolute Gasteiger partial charge is 0.328 e. The molecule has 2 aromatic rings. The topological polar surface area (TPSA) is 118 Å². The summed E-state index contributed by atoms with van der Waals surface area (Å²) in [5.41, 5.74) is 4.67. The average Bonchev–Trinajstić information content (AvgIpc) is 3.23. The lowest BCUT2D eigenvalue weighted by atomic mass is 9.96. The number of piperidine rings is 1. The van der Waals surface area contributed by atoms with E-state index < -0.39 is 11.9 Å². The van der Waals surface area contributed by atoms with Gasteiger partial charge in [0, 0.05) is 43.9 Å². The van der Waals surface area contributed by atoms with Crippen LogP contribution in [0.5, 0.6) is 0 Å². The van der Waals surface area contributed by atoms with Gasteiger partial charge < -0.3 is 20.0 Å². The van der Waals surface area contributed by atoms with E-state index in [0.29, 0.717) is 24.6 Å². The maximum atomic E-state index is 12.8. The monoisotopic (exact) mass is 519 g/mol. The minimum Gasteiger partial charge on any atom is -0.478 e. The first kappa shape index (κ1) is 27.1. The number of amides is 2. The summed E-state index contributed by atoms with van der Waals surface area (Å²) >= 11 is 0. The van der Waals surface area contributed by atoms with Gasteiger partial charge in [0.05, 0.1) is 6.54 Å². The van der Waals surface area contributed by atoms with Crippen molar-refractivity contribution in [2.45, 2.75) is 32.4 Å². The molecule has 0 unspecified atom stereocenters. The number of hydrogen-bond donors (Lipinski definition) is 2. The van der Waals surface area contributed by atoms with Gasteiger partial charge in [0.15, 0.2) is 0 Å². The molecular weight excluding hydrogens is 486 g/mol. The van der Waals surface area contributed by atoms with Crippen molar-refractivity contribution in [3.63, 3.8) is 0 Å². The third kappa shape index (κ3) is 7.07. The van der Waals surface area contributed by atoms with Crippen LogP contribution in [0.2, 0.25) is 0 Å². The number of carboxylic acids is 2. The molecule has 2 amide bonds. The molecule has 3 aliphatic rings. The van der Waals surface area contributed by atoms with Gasteiger partial charge in [-0.3, -0.25) is 14.5 Å². The highest BCUT2D eigenvalue weighted by Gasteiger charge is 2.31. The average molecular weight is 520 g/mol. The predicted molar refractivity (Wildman–Crippen MR) is 140 cm³/mol. The number of aliphatic carboxylic acids is 2. The zero-order valence-corrected chi connectivity index (χ0v) is 21.3. The van der Waals surface area contributed by atoms with E-state index in [1.54, 1.807) is 0 Å². The summed E-state index contributed by atoms with van der Waals surface area (Å²) in [5.74, 6) is -1.57. The summed E-state index contributed by atoms with van der Waals surface area (Å²) in [4.78, 5) is 50.9. The van der Waals surface area contributed by atoms with E-state index in [0.717, 1.165) is 69.7 Å². The van der Waals surface area contributed by atoms with Crippen LogP contribution in [-0.2, 0) is 33.9 Å². The van der Waals surface area contributed by atoms with Gasteiger partial charge >= 0.3 is 11.9 Å². The third-order valence-electron chi connectivity index (χ3n) is 7.29. The number of likely N-dealkylation sites (tertiary alicyclic amines) is 1. The summed E-state index contributed by atoms with van der Waals surface area (Å²) in [6, 6.07) is 16.4. The molecule has 9 heteroatoms. The molecular formula is C29H33N3O6. The second-order valence-corrected chi connectivity index (χ2v) is 9.91. The first-order valence-corrected chi connectivity index (χ1v) is 12.9. The Labute approximate surface area is 222 Å². The first-order valence-electron chi connectivity index (χ1n) is 12.9. The molecule has 0 atom stereocenters. The minimum absolute atomic E-state index is 0.175. The van der Waals surface area contributed by atoms with Gasteiger partial charge in [-0.25, -0.2) is 9.59 Å². The molecule has 0 saturated carbocycles. The number of carboxylic acid groups (broad SMARTS) is 2. The molecule has 0 radical (unpaired) electrons. The normalized spacial score (nSPS) is 17.5. The number of rotatable bonds is 6. The van der Waals surface area contributed by atoms with Crippen molar-refractivity contribution in [3.05, 3.63) is 82.9 Å². The van der Waals surface area contributed by atoms with E-state index in [1.807, 2.05) is 28.0 Å². The second kappa shape index (κ2) is 12.5. The lowest BCUT2D eigenvalue weighted by Crippen LogP contribution is -2.46. The Balaban J connectivity index is 0.000000368. The molecule has 200 valence electrons. The fraction of sp³-hybridized carbons (Fsp3) is 0.379. The Hall–Kier alpha value is -3.98. The van der Waals surface area contributed by atoms with Gasteiger partial charge in [-0.15, -0.1) is 0 Å². The maximum absolute atomic E-state index is 12.8. The third-order valence-corrected chi connectivity index (χ3v) is 7.29. The van der Waals surface area contributed by atoms with Gasteiger partial charge in [0.2, 0.25) is 5.91 Å². The van der Waals surface area contributed by atoms with Gasteiger partial charge in [0.1, 0.15) is 0 Å². The molecule has 0 spiro atoms. The highest BCUT2D eigenvalue weighted by atomic mass is 16.4. The fourth-order valence-electron chi connectivity index (χ4n) is 5.24. The summed E-state index contributed by atoms with van der Waals surface area (Å²) in [5, 5.41) is 15.6. The molecule has 0 aliphatic carbocycles. The van der Waals surface area contributed by atoms with Crippen molar-refractivity contribution < 1.29 is 29.4 Å². The summed E-state index contributed by atoms with van der Waals surface area (Å²) in [6.45, 7) is 5.53. The Morgan fingerprint density at radius 3 is 2.05 bits per heavy atom. The number of hydrogen-bond acceptors (Lipinski definition) is 5. The molecule has 1 saturated heterocycles. The zero-order valence-electron chi connectivity index (χ0n) is 21.3. The van der Waals surface area contributed by atoms with E-state index in [-0.39, 0.29) is 11.8 Å². The van der Waals surface area contributed by atoms with E-state index in [2.05, 4.69) is 35.2 Å². The van der Waals surface area contributed by atoms with Gasteiger partial charge in [-0.1, -0.05) is 42.5 Å². The Morgan fingerprint density at radius 2 is 1.42 bits per heavy atom. The van der Waals surface area contributed by atoms with Crippen molar-refractivity contribution in [1.82, 2.24) is 14.7 Å². The summed E-state index contributed by atoms with van der Waals surface area (Å²) in [6.07, 6.45) is 4.17. The van der Waals surface area contributed by atoms with Gasteiger partial charge in [0.25, 0.3) is 5.91 Å². The molecule has 2 N–H and O–H groups in total. The van der Waals surface area contributed by atoms with Crippen LogP contribution in [0, 0.1) is 5.92 Å². The van der Waals surface area contributed by atoms with Crippen molar-refractivity contribution in [1.29, 1.82) is 0 Å². The molecule has 3 aliphatic heterocycles. The molecule has 0 aromatic heterocycles. The molecule has 9 nitrogen and oxygen atoms in total. The van der Waals surface area contributed by atoms with E-state index in [1.165, 1.54) is 11.1 Å². The number of carbonyl (C=O) groups is 4. The van der Waals surface area contributed by atoms with E-state index in [4.69, 9.17) is 10.2 Å². The van der Waals surface area contributed by atoms with Crippen molar-refractivity contribution in [3.8, 4) is 0 Å². The Morgan fingerprint density at radius 1 is 0.816 bits per heavy atom. The molecule has 3 heterocycles.